The van der Waals surface area contributed by atoms with Gasteiger partial charge in [-0.05, 0) is 42.8 Å². The van der Waals surface area contributed by atoms with Gasteiger partial charge in [-0.25, -0.2) is 4.98 Å². The summed E-state index contributed by atoms with van der Waals surface area (Å²) in [5.74, 6) is 0.722. The Bertz CT molecular complexity index is 981. The largest absolute Gasteiger partial charge is 0.490 e. The molecular formula is C21H21ClN2O3S. The van der Waals surface area contributed by atoms with Crippen LogP contribution < -0.4 is 9.47 Å². The molecule has 0 atom stereocenters. The number of ether oxygens (including phenoxy) is 2. The van der Waals surface area contributed by atoms with E-state index in [9.17, 15) is 4.79 Å². The van der Waals surface area contributed by atoms with Crippen molar-refractivity contribution in [2.75, 3.05) is 27.3 Å². The normalized spacial score (nSPS) is 11.1. The zero-order valence-electron chi connectivity index (χ0n) is 15.9. The number of carbonyl (C=O) groups is 1. The summed E-state index contributed by atoms with van der Waals surface area (Å²) < 4.78 is 12.4. The van der Waals surface area contributed by atoms with Gasteiger partial charge in [-0.15, -0.1) is 11.3 Å². The zero-order chi connectivity index (χ0) is 20.1. The molecule has 0 aliphatic rings. The molecule has 3 aromatic rings. The van der Waals surface area contributed by atoms with Crippen molar-refractivity contribution in [3.63, 3.8) is 0 Å². The molecule has 3 rings (SSSR count). The number of carbonyl (C=O) groups excluding carboxylic acids is 1. The lowest BCUT2D eigenvalue weighted by molar-refractivity contribution is -0.130. The molecule has 1 amide bonds. The summed E-state index contributed by atoms with van der Waals surface area (Å²) in [6.45, 7) is 2.24. The highest BCUT2D eigenvalue weighted by atomic mass is 35.5. The van der Waals surface area contributed by atoms with E-state index in [-0.39, 0.29) is 12.5 Å². The fourth-order valence-corrected chi connectivity index (χ4v) is 3.62. The Morgan fingerprint density at radius 3 is 2.71 bits per heavy atom. The number of para-hydroxylation sites is 1. The van der Waals surface area contributed by atoms with Crippen molar-refractivity contribution in [1.29, 1.82) is 0 Å². The Morgan fingerprint density at radius 1 is 1.21 bits per heavy atom. The van der Waals surface area contributed by atoms with E-state index >= 15 is 0 Å². The topological polar surface area (TPSA) is 51.7 Å². The van der Waals surface area contributed by atoms with Gasteiger partial charge in [-0.2, -0.15) is 0 Å². The number of fused-ring (bicyclic) bond motifs is 1. The predicted molar refractivity (Wildman–Crippen MR) is 115 cm³/mol. The second-order valence-electron chi connectivity index (χ2n) is 6.19. The third-order valence-electron chi connectivity index (χ3n) is 3.90. The van der Waals surface area contributed by atoms with Crippen LogP contribution in [0, 0.1) is 0 Å². The first-order chi connectivity index (χ1) is 13.5. The maximum Gasteiger partial charge on any atom is 0.259 e. The van der Waals surface area contributed by atoms with Gasteiger partial charge in [0.25, 0.3) is 5.91 Å². The van der Waals surface area contributed by atoms with E-state index in [0.29, 0.717) is 23.1 Å². The third-order valence-corrected chi connectivity index (χ3v) is 5.18. The van der Waals surface area contributed by atoms with Crippen LogP contribution >= 0.6 is 22.9 Å². The van der Waals surface area contributed by atoms with Gasteiger partial charge in [-0.1, -0.05) is 29.8 Å². The van der Waals surface area contributed by atoms with E-state index in [1.54, 1.807) is 31.5 Å². The van der Waals surface area contributed by atoms with Gasteiger partial charge in [-0.3, -0.25) is 4.79 Å². The van der Waals surface area contributed by atoms with Crippen molar-refractivity contribution >= 4 is 51.2 Å². The van der Waals surface area contributed by atoms with Crippen LogP contribution in [0.5, 0.6) is 11.5 Å². The SMILES string of the molecule is CCOc1cc(C=Cc2nc3ccccc3s2)cc(Cl)c1OCC(=O)N(C)C. The summed E-state index contributed by atoms with van der Waals surface area (Å²) in [4.78, 5) is 17.9. The minimum absolute atomic E-state index is 0.103. The first kappa shape index (κ1) is 20.2. The average Bonchev–Trinajstić information content (AvgIpc) is 3.08. The quantitative estimate of drug-likeness (QED) is 0.544. The maximum absolute atomic E-state index is 11.8. The van der Waals surface area contributed by atoms with Crippen molar-refractivity contribution in [3.8, 4) is 11.5 Å². The van der Waals surface area contributed by atoms with Crippen LogP contribution in [0.2, 0.25) is 5.02 Å². The molecule has 0 radical (unpaired) electrons. The Morgan fingerprint density at radius 2 is 2.00 bits per heavy atom. The van der Waals surface area contributed by atoms with Crippen molar-refractivity contribution in [2.24, 2.45) is 0 Å². The van der Waals surface area contributed by atoms with Gasteiger partial charge in [0.1, 0.15) is 5.01 Å². The number of halogens is 1. The lowest BCUT2D eigenvalue weighted by Gasteiger charge is -2.16. The summed E-state index contributed by atoms with van der Waals surface area (Å²) in [6.07, 6.45) is 3.88. The average molecular weight is 417 g/mol. The second-order valence-corrected chi connectivity index (χ2v) is 7.66. The predicted octanol–water partition coefficient (Wildman–Crippen LogP) is 4.99. The van der Waals surface area contributed by atoms with Gasteiger partial charge >= 0.3 is 0 Å². The van der Waals surface area contributed by atoms with E-state index in [1.165, 1.54) is 4.90 Å². The monoisotopic (exact) mass is 416 g/mol. The lowest BCUT2D eigenvalue weighted by Crippen LogP contribution is -2.27. The van der Waals surface area contributed by atoms with Crippen molar-refractivity contribution < 1.29 is 14.3 Å². The molecule has 0 saturated carbocycles. The molecule has 7 heteroatoms. The standard InChI is InChI=1S/C21H21ClN2O3S/c1-4-26-17-12-14(11-15(22)21(17)27-13-20(25)24(2)3)9-10-19-23-16-7-5-6-8-18(16)28-19/h5-12H,4,13H2,1-3H3. The van der Waals surface area contributed by atoms with Gasteiger partial charge in [0.2, 0.25) is 0 Å². The second kappa shape index (κ2) is 9.08. The summed E-state index contributed by atoms with van der Waals surface area (Å²) in [5.41, 5.74) is 1.84. The van der Waals surface area contributed by atoms with Gasteiger partial charge < -0.3 is 14.4 Å². The number of benzene rings is 2. The van der Waals surface area contributed by atoms with Crippen LogP contribution in [-0.2, 0) is 4.79 Å². The Hall–Kier alpha value is -2.57. The van der Waals surface area contributed by atoms with E-state index < -0.39 is 0 Å². The molecule has 28 heavy (non-hydrogen) atoms. The first-order valence-electron chi connectivity index (χ1n) is 8.81. The van der Waals surface area contributed by atoms with Gasteiger partial charge in [0.05, 0.1) is 21.8 Å². The number of hydrogen-bond donors (Lipinski definition) is 0. The highest BCUT2D eigenvalue weighted by Gasteiger charge is 2.14. The summed E-state index contributed by atoms with van der Waals surface area (Å²) in [7, 11) is 3.35. The highest BCUT2D eigenvalue weighted by molar-refractivity contribution is 7.19. The van der Waals surface area contributed by atoms with Crippen LogP contribution in [-0.4, -0.2) is 43.1 Å². The number of likely N-dealkylation sites (N-methyl/N-ethyl adjacent to an activating group) is 1. The third kappa shape index (κ3) is 4.82. The van der Waals surface area contributed by atoms with Crippen LogP contribution in [0.3, 0.4) is 0 Å². The molecule has 0 aliphatic carbocycles. The molecule has 0 aliphatic heterocycles. The number of rotatable bonds is 7. The van der Waals surface area contributed by atoms with Gasteiger partial charge in [0.15, 0.2) is 18.1 Å². The van der Waals surface area contributed by atoms with Crippen LogP contribution in [0.15, 0.2) is 36.4 Å². The lowest BCUT2D eigenvalue weighted by atomic mass is 10.2. The Balaban J connectivity index is 1.84. The fraction of sp³-hybridized carbons (Fsp3) is 0.238. The molecule has 0 saturated heterocycles. The molecule has 0 unspecified atom stereocenters. The highest BCUT2D eigenvalue weighted by Crippen LogP contribution is 2.37. The molecule has 0 spiro atoms. The smallest absolute Gasteiger partial charge is 0.259 e. The van der Waals surface area contributed by atoms with E-state index in [0.717, 1.165) is 20.8 Å². The fourth-order valence-electron chi connectivity index (χ4n) is 2.48. The molecule has 5 nitrogen and oxygen atoms in total. The number of aromatic nitrogens is 1. The number of thiazole rings is 1. The minimum atomic E-state index is -0.154. The Labute approximate surface area is 173 Å². The molecule has 0 N–H and O–H groups in total. The number of nitrogens with zero attached hydrogens (tertiary/aromatic N) is 2. The zero-order valence-corrected chi connectivity index (χ0v) is 17.5. The van der Waals surface area contributed by atoms with Crippen molar-refractivity contribution in [2.45, 2.75) is 6.92 Å². The number of hydrogen-bond acceptors (Lipinski definition) is 5. The van der Waals surface area contributed by atoms with Crippen molar-refractivity contribution in [3.05, 3.63) is 52.0 Å². The Kier molecular flexibility index (Phi) is 6.54. The molecule has 146 valence electrons. The molecule has 0 fully saturated rings. The minimum Gasteiger partial charge on any atom is -0.490 e. The van der Waals surface area contributed by atoms with E-state index in [4.69, 9.17) is 21.1 Å². The van der Waals surface area contributed by atoms with E-state index in [2.05, 4.69) is 11.1 Å². The van der Waals surface area contributed by atoms with E-state index in [1.807, 2.05) is 43.3 Å². The van der Waals surface area contributed by atoms with Gasteiger partial charge in [0, 0.05) is 14.1 Å². The molecule has 1 heterocycles. The molecule has 1 aromatic heterocycles. The van der Waals surface area contributed by atoms with Crippen LogP contribution in [0.25, 0.3) is 22.4 Å². The number of amides is 1. The molecule has 0 bridgehead atoms. The summed E-state index contributed by atoms with van der Waals surface area (Å²) >= 11 is 8.03. The molecule has 2 aromatic carbocycles. The summed E-state index contributed by atoms with van der Waals surface area (Å²) in [6, 6.07) is 11.6. The van der Waals surface area contributed by atoms with Crippen LogP contribution in [0.1, 0.15) is 17.5 Å². The molecular weight excluding hydrogens is 396 g/mol. The van der Waals surface area contributed by atoms with Crippen molar-refractivity contribution in [1.82, 2.24) is 9.88 Å². The maximum atomic E-state index is 11.8. The summed E-state index contributed by atoms with van der Waals surface area (Å²) in [5, 5.41) is 1.30. The first-order valence-corrected chi connectivity index (χ1v) is 10.0. The van der Waals surface area contributed by atoms with Crippen LogP contribution in [0.4, 0.5) is 0 Å².